The third kappa shape index (κ3) is 6.57. The molecule has 0 spiro atoms. The maximum absolute atomic E-state index is 13.4. The Balaban J connectivity index is 1.67. The summed E-state index contributed by atoms with van der Waals surface area (Å²) >= 11 is 1.51. The molecule has 2 heterocycles. The van der Waals surface area contributed by atoms with E-state index >= 15 is 0 Å². The molecule has 0 saturated carbocycles. The van der Waals surface area contributed by atoms with Crippen molar-refractivity contribution in [2.45, 2.75) is 64.7 Å². The van der Waals surface area contributed by atoms with Gasteiger partial charge in [0, 0.05) is 36.0 Å². The first-order chi connectivity index (χ1) is 17.4. The van der Waals surface area contributed by atoms with E-state index in [0.29, 0.717) is 54.5 Å². The summed E-state index contributed by atoms with van der Waals surface area (Å²) in [6, 6.07) is 8.45. The number of carbonyl (C=O) groups is 2. The first-order valence-electron chi connectivity index (χ1n) is 12.2. The molecule has 37 heavy (non-hydrogen) atoms. The minimum absolute atomic E-state index is 0.0415. The van der Waals surface area contributed by atoms with Gasteiger partial charge in [-0.05, 0) is 74.4 Å². The third-order valence-electron chi connectivity index (χ3n) is 6.30. The molecule has 0 unspecified atom stereocenters. The molecule has 0 radical (unpaired) electrons. The maximum atomic E-state index is 13.4. The molecular weight excluding hydrogens is 499 g/mol. The summed E-state index contributed by atoms with van der Waals surface area (Å²) in [6.07, 6.45) is -2.36. The fraction of sp³-hybridized carbons (Fsp3) is 0.393. The SMILES string of the molecule is CC(C)(C)NC(=O)N1CCc2c(-c3cccc(C(F)(F)F)c3)ccc(C(=O)CCCc3cscn3)c2C1. The van der Waals surface area contributed by atoms with E-state index in [1.807, 2.05) is 26.2 Å². The lowest BCUT2D eigenvalue weighted by Gasteiger charge is -2.34. The number of hydrogen-bond donors (Lipinski definition) is 1. The van der Waals surface area contributed by atoms with E-state index in [-0.39, 0.29) is 18.4 Å². The number of aromatic nitrogens is 1. The number of urea groups is 1. The Labute approximate surface area is 218 Å². The summed E-state index contributed by atoms with van der Waals surface area (Å²) in [5.74, 6) is -0.0415. The lowest BCUT2D eigenvalue weighted by molar-refractivity contribution is -0.137. The molecule has 1 aliphatic rings. The van der Waals surface area contributed by atoms with Crippen molar-refractivity contribution in [1.82, 2.24) is 15.2 Å². The molecule has 2 amide bonds. The fourth-order valence-corrected chi connectivity index (χ4v) is 5.16. The van der Waals surface area contributed by atoms with Crippen molar-refractivity contribution in [1.29, 1.82) is 0 Å². The molecule has 1 aromatic heterocycles. The molecule has 5 nitrogen and oxygen atoms in total. The van der Waals surface area contributed by atoms with Gasteiger partial charge in [0.25, 0.3) is 0 Å². The zero-order valence-corrected chi connectivity index (χ0v) is 21.9. The Bertz CT molecular complexity index is 1280. The first-order valence-corrected chi connectivity index (χ1v) is 13.2. The van der Waals surface area contributed by atoms with Crippen molar-refractivity contribution in [3.8, 4) is 11.1 Å². The second kappa shape index (κ2) is 10.7. The highest BCUT2D eigenvalue weighted by molar-refractivity contribution is 7.07. The number of nitrogens with one attached hydrogen (secondary N) is 1. The van der Waals surface area contributed by atoms with Crippen LogP contribution in [-0.2, 0) is 25.6 Å². The van der Waals surface area contributed by atoms with Crippen LogP contribution in [0.3, 0.4) is 0 Å². The van der Waals surface area contributed by atoms with Crippen LogP contribution in [0.5, 0.6) is 0 Å². The fourth-order valence-electron chi connectivity index (χ4n) is 4.57. The van der Waals surface area contributed by atoms with Crippen LogP contribution in [0, 0.1) is 0 Å². The van der Waals surface area contributed by atoms with Crippen LogP contribution < -0.4 is 5.32 Å². The molecule has 4 rings (SSSR count). The van der Waals surface area contributed by atoms with Gasteiger partial charge in [-0.15, -0.1) is 11.3 Å². The number of alkyl halides is 3. The van der Waals surface area contributed by atoms with Gasteiger partial charge in [-0.3, -0.25) is 4.79 Å². The van der Waals surface area contributed by atoms with Crippen LogP contribution in [0.1, 0.15) is 66.4 Å². The smallest absolute Gasteiger partial charge is 0.333 e. The van der Waals surface area contributed by atoms with E-state index in [1.165, 1.54) is 17.4 Å². The van der Waals surface area contributed by atoms with E-state index in [4.69, 9.17) is 0 Å². The number of aryl methyl sites for hydroxylation is 1. The minimum Gasteiger partial charge on any atom is -0.333 e. The number of halogens is 3. The van der Waals surface area contributed by atoms with E-state index in [2.05, 4.69) is 10.3 Å². The molecule has 1 aliphatic heterocycles. The monoisotopic (exact) mass is 529 g/mol. The average Bonchev–Trinajstić information content (AvgIpc) is 3.35. The molecule has 9 heteroatoms. The number of benzene rings is 2. The predicted molar refractivity (Wildman–Crippen MR) is 139 cm³/mol. The quantitative estimate of drug-likeness (QED) is 0.353. The molecule has 1 N–H and O–H groups in total. The van der Waals surface area contributed by atoms with Crippen molar-refractivity contribution in [3.63, 3.8) is 0 Å². The Morgan fingerprint density at radius 3 is 2.57 bits per heavy atom. The van der Waals surface area contributed by atoms with Crippen molar-refractivity contribution in [2.24, 2.45) is 0 Å². The lowest BCUT2D eigenvalue weighted by atomic mass is 9.85. The van der Waals surface area contributed by atoms with Crippen LogP contribution in [0.2, 0.25) is 0 Å². The lowest BCUT2D eigenvalue weighted by Crippen LogP contribution is -2.50. The molecule has 0 bridgehead atoms. The standard InChI is InChI=1S/C28H30F3N3O2S/c1-27(2,3)33-26(36)34-13-12-22-21(18-6-4-7-19(14-18)28(29,30)31)10-11-23(24(22)15-34)25(35)9-5-8-20-16-37-17-32-20/h4,6-7,10-11,14,16-17H,5,8-9,12-13,15H2,1-3H3,(H,33,36). The van der Waals surface area contributed by atoms with Gasteiger partial charge in [0.05, 0.1) is 16.8 Å². The molecular formula is C28H30F3N3O2S. The zero-order valence-electron chi connectivity index (χ0n) is 21.1. The zero-order chi connectivity index (χ0) is 26.8. The summed E-state index contributed by atoms with van der Waals surface area (Å²) in [7, 11) is 0. The molecule has 3 aromatic rings. The number of ketones is 1. The summed E-state index contributed by atoms with van der Waals surface area (Å²) < 4.78 is 40.2. The summed E-state index contributed by atoms with van der Waals surface area (Å²) in [5, 5.41) is 4.92. The largest absolute Gasteiger partial charge is 0.416 e. The minimum atomic E-state index is -4.45. The molecule has 2 aromatic carbocycles. The molecule has 0 saturated heterocycles. The summed E-state index contributed by atoms with van der Waals surface area (Å²) in [6.45, 7) is 6.31. The summed E-state index contributed by atoms with van der Waals surface area (Å²) in [4.78, 5) is 32.1. The third-order valence-corrected chi connectivity index (χ3v) is 6.94. The predicted octanol–water partition coefficient (Wildman–Crippen LogP) is 6.90. The van der Waals surface area contributed by atoms with Crippen molar-refractivity contribution in [2.75, 3.05) is 6.54 Å². The molecule has 0 atom stereocenters. The second-order valence-corrected chi connectivity index (χ2v) is 11.0. The summed E-state index contributed by atoms with van der Waals surface area (Å²) in [5.41, 5.74) is 4.73. The van der Waals surface area contributed by atoms with Gasteiger partial charge in [0.1, 0.15) is 0 Å². The van der Waals surface area contributed by atoms with Crippen LogP contribution in [-0.4, -0.2) is 33.8 Å². The molecule has 0 fully saturated rings. The van der Waals surface area contributed by atoms with Crippen molar-refractivity contribution >= 4 is 23.2 Å². The normalized spacial score (nSPS) is 13.8. The highest BCUT2D eigenvalue weighted by Crippen LogP contribution is 2.37. The number of hydrogen-bond acceptors (Lipinski definition) is 4. The van der Waals surface area contributed by atoms with E-state index in [0.717, 1.165) is 23.4 Å². The van der Waals surface area contributed by atoms with Crippen molar-refractivity contribution in [3.05, 3.63) is 75.2 Å². The van der Waals surface area contributed by atoms with E-state index < -0.39 is 17.3 Å². The Morgan fingerprint density at radius 1 is 1.11 bits per heavy atom. The van der Waals surface area contributed by atoms with E-state index in [1.54, 1.807) is 28.6 Å². The van der Waals surface area contributed by atoms with Crippen LogP contribution in [0.15, 0.2) is 47.3 Å². The Kier molecular flexibility index (Phi) is 7.73. The van der Waals surface area contributed by atoms with Gasteiger partial charge >= 0.3 is 12.2 Å². The maximum Gasteiger partial charge on any atom is 0.416 e. The Morgan fingerprint density at radius 2 is 1.89 bits per heavy atom. The molecule has 0 aliphatic carbocycles. The number of carbonyl (C=O) groups excluding carboxylic acids is 2. The number of fused-ring (bicyclic) bond motifs is 1. The highest BCUT2D eigenvalue weighted by Gasteiger charge is 2.32. The van der Waals surface area contributed by atoms with Gasteiger partial charge in [-0.25, -0.2) is 9.78 Å². The van der Waals surface area contributed by atoms with Crippen LogP contribution >= 0.6 is 11.3 Å². The van der Waals surface area contributed by atoms with Crippen LogP contribution in [0.25, 0.3) is 11.1 Å². The highest BCUT2D eigenvalue weighted by atomic mass is 32.1. The average molecular weight is 530 g/mol. The van der Waals surface area contributed by atoms with Gasteiger partial charge in [0.2, 0.25) is 0 Å². The number of thiazole rings is 1. The second-order valence-electron chi connectivity index (χ2n) is 10.3. The number of amides is 2. The Hall–Kier alpha value is -3.20. The van der Waals surface area contributed by atoms with Gasteiger partial charge in [-0.2, -0.15) is 13.2 Å². The number of nitrogens with zero attached hydrogens (tertiary/aromatic N) is 2. The number of rotatable bonds is 6. The first kappa shape index (κ1) is 26.9. The topological polar surface area (TPSA) is 62.3 Å². The molecule has 196 valence electrons. The van der Waals surface area contributed by atoms with Crippen LogP contribution in [0.4, 0.5) is 18.0 Å². The van der Waals surface area contributed by atoms with Gasteiger partial charge in [0.15, 0.2) is 5.78 Å². The van der Waals surface area contributed by atoms with Crippen molar-refractivity contribution < 1.29 is 22.8 Å². The number of Topliss-reactive ketones (excluding diaryl/α,β-unsaturated/α-hetero) is 1. The van der Waals surface area contributed by atoms with Gasteiger partial charge < -0.3 is 10.2 Å². The van der Waals surface area contributed by atoms with E-state index in [9.17, 15) is 22.8 Å². The van der Waals surface area contributed by atoms with Gasteiger partial charge in [-0.1, -0.05) is 24.3 Å².